The van der Waals surface area contributed by atoms with Crippen molar-refractivity contribution in [1.82, 2.24) is 14.8 Å². The zero-order valence-electron chi connectivity index (χ0n) is 7.61. The fraction of sp³-hybridized carbons (Fsp3) is 0.111. The Balaban J connectivity index is 2.53. The van der Waals surface area contributed by atoms with E-state index in [1.165, 1.54) is 6.33 Å². The number of aryl methyl sites for hydroxylation is 1. The predicted molar refractivity (Wildman–Crippen MR) is 55.9 cm³/mol. The van der Waals surface area contributed by atoms with Gasteiger partial charge in [0.2, 0.25) is 0 Å². The predicted octanol–water partition coefficient (Wildman–Crippen LogP) is 1.72. The fourth-order valence-corrected chi connectivity index (χ4v) is 1.36. The average molecular weight is 209 g/mol. The zero-order chi connectivity index (χ0) is 10.1. The monoisotopic (exact) mass is 208 g/mol. The lowest BCUT2D eigenvalue weighted by atomic mass is 10.2. The molecule has 0 amide bonds. The van der Waals surface area contributed by atoms with E-state index in [1.54, 1.807) is 16.8 Å². The Bertz CT molecular complexity index is 464. The maximum atomic E-state index is 5.81. The highest BCUT2D eigenvalue weighted by Gasteiger charge is 2.05. The van der Waals surface area contributed by atoms with Crippen molar-refractivity contribution in [1.29, 1.82) is 0 Å². The van der Waals surface area contributed by atoms with Crippen molar-refractivity contribution < 1.29 is 0 Å². The van der Waals surface area contributed by atoms with Gasteiger partial charge in [-0.1, -0.05) is 11.6 Å². The number of nitrogen functional groups attached to an aromatic ring is 1. The Hall–Kier alpha value is -1.55. The first-order valence-electron chi connectivity index (χ1n) is 4.08. The molecule has 0 unspecified atom stereocenters. The minimum Gasteiger partial charge on any atom is -0.398 e. The third-order valence-corrected chi connectivity index (χ3v) is 2.31. The molecule has 14 heavy (non-hydrogen) atoms. The van der Waals surface area contributed by atoms with E-state index < -0.39 is 0 Å². The summed E-state index contributed by atoms with van der Waals surface area (Å²) in [5, 5.41) is 4.53. The van der Waals surface area contributed by atoms with E-state index in [9.17, 15) is 0 Å². The van der Waals surface area contributed by atoms with Gasteiger partial charge in [0.15, 0.2) is 5.82 Å². The third-order valence-electron chi connectivity index (χ3n) is 1.97. The van der Waals surface area contributed by atoms with Crippen LogP contribution in [0.15, 0.2) is 24.5 Å². The molecule has 0 aliphatic rings. The molecule has 1 aromatic carbocycles. The minimum absolute atomic E-state index is 0.548. The highest BCUT2D eigenvalue weighted by atomic mass is 35.5. The van der Waals surface area contributed by atoms with Crippen LogP contribution in [0.3, 0.4) is 0 Å². The van der Waals surface area contributed by atoms with Gasteiger partial charge in [-0.15, -0.1) is 0 Å². The van der Waals surface area contributed by atoms with Crippen molar-refractivity contribution in [2.75, 3.05) is 5.73 Å². The number of halogens is 1. The maximum absolute atomic E-state index is 5.81. The van der Waals surface area contributed by atoms with Gasteiger partial charge in [-0.25, -0.2) is 9.67 Å². The van der Waals surface area contributed by atoms with Crippen molar-refractivity contribution in [2.24, 2.45) is 7.05 Å². The van der Waals surface area contributed by atoms with Gasteiger partial charge in [0.25, 0.3) is 0 Å². The Morgan fingerprint density at radius 2 is 2.21 bits per heavy atom. The first kappa shape index (κ1) is 9.02. The topological polar surface area (TPSA) is 56.7 Å². The van der Waals surface area contributed by atoms with E-state index in [2.05, 4.69) is 10.1 Å². The number of hydrogen-bond acceptors (Lipinski definition) is 3. The zero-order valence-corrected chi connectivity index (χ0v) is 8.36. The molecule has 0 radical (unpaired) electrons. The number of rotatable bonds is 1. The lowest BCUT2D eigenvalue weighted by Gasteiger charge is -2.02. The summed E-state index contributed by atoms with van der Waals surface area (Å²) < 4.78 is 1.68. The molecule has 72 valence electrons. The molecule has 1 aromatic heterocycles. The molecule has 2 rings (SSSR count). The number of benzene rings is 1. The van der Waals surface area contributed by atoms with Crippen molar-refractivity contribution in [2.45, 2.75) is 0 Å². The number of anilines is 1. The van der Waals surface area contributed by atoms with E-state index in [-0.39, 0.29) is 0 Å². The van der Waals surface area contributed by atoms with Crippen LogP contribution in [0.1, 0.15) is 0 Å². The quantitative estimate of drug-likeness (QED) is 0.726. The van der Waals surface area contributed by atoms with Gasteiger partial charge in [-0.2, -0.15) is 5.10 Å². The van der Waals surface area contributed by atoms with Crippen LogP contribution in [0.2, 0.25) is 5.02 Å². The highest BCUT2D eigenvalue weighted by molar-refractivity contribution is 6.33. The summed E-state index contributed by atoms with van der Waals surface area (Å²) in [6.07, 6.45) is 1.50. The number of nitrogens with two attached hydrogens (primary N) is 1. The molecule has 0 aliphatic carbocycles. The van der Waals surface area contributed by atoms with Crippen LogP contribution >= 0.6 is 11.6 Å². The summed E-state index contributed by atoms with van der Waals surface area (Å²) in [6.45, 7) is 0. The van der Waals surface area contributed by atoms with E-state index >= 15 is 0 Å². The third kappa shape index (κ3) is 1.44. The van der Waals surface area contributed by atoms with Crippen LogP contribution < -0.4 is 5.73 Å². The number of nitrogens with zero attached hydrogens (tertiary/aromatic N) is 3. The van der Waals surface area contributed by atoms with E-state index in [4.69, 9.17) is 17.3 Å². The second kappa shape index (κ2) is 3.31. The van der Waals surface area contributed by atoms with Crippen LogP contribution in [0.5, 0.6) is 0 Å². The molecule has 0 atom stereocenters. The summed E-state index contributed by atoms with van der Waals surface area (Å²) in [4.78, 5) is 4.11. The van der Waals surface area contributed by atoms with Crippen LogP contribution in [0.4, 0.5) is 5.69 Å². The maximum Gasteiger partial charge on any atom is 0.157 e. The summed E-state index contributed by atoms with van der Waals surface area (Å²) in [6, 6.07) is 5.40. The summed E-state index contributed by atoms with van der Waals surface area (Å²) in [5.41, 5.74) is 7.14. The standard InChI is InChI=1S/C9H9ClN4/c1-14-9(12-5-13-14)6-2-3-7(10)8(11)4-6/h2-5H,11H2,1H3. The Morgan fingerprint density at radius 3 is 2.79 bits per heavy atom. The van der Waals surface area contributed by atoms with Gasteiger partial charge in [0.05, 0.1) is 10.7 Å². The van der Waals surface area contributed by atoms with Gasteiger partial charge in [-0.3, -0.25) is 0 Å². The second-order valence-corrected chi connectivity index (χ2v) is 3.35. The van der Waals surface area contributed by atoms with Gasteiger partial charge in [-0.05, 0) is 18.2 Å². The van der Waals surface area contributed by atoms with Crippen molar-refractivity contribution in [3.63, 3.8) is 0 Å². The smallest absolute Gasteiger partial charge is 0.157 e. The van der Waals surface area contributed by atoms with Gasteiger partial charge in [0, 0.05) is 12.6 Å². The van der Waals surface area contributed by atoms with Gasteiger partial charge < -0.3 is 5.73 Å². The molecule has 0 fully saturated rings. The van der Waals surface area contributed by atoms with Crippen LogP contribution in [-0.2, 0) is 7.05 Å². The molecule has 0 aliphatic heterocycles. The fourth-order valence-electron chi connectivity index (χ4n) is 1.24. The Kier molecular flexibility index (Phi) is 2.13. The van der Waals surface area contributed by atoms with Crippen molar-refractivity contribution in [3.8, 4) is 11.4 Å². The van der Waals surface area contributed by atoms with Crippen molar-refractivity contribution in [3.05, 3.63) is 29.5 Å². The average Bonchev–Trinajstić information content (AvgIpc) is 2.57. The molecule has 0 bridgehead atoms. The molecule has 0 spiro atoms. The summed E-state index contributed by atoms with van der Waals surface area (Å²) >= 11 is 5.81. The van der Waals surface area contributed by atoms with Crippen LogP contribution in [-0.4, -0.2) is 14.8 Å². The van der Waals surface area contributed by atoms with Crippen LogP contribution in [0, 0.1) is 0 Å². The van der Waals surface area contributed by atoms with Crippen molar-refractivity contribution >= 4 is 17.3 Å². The summed E-state index contributed by atoms with van der Waals surface area (Å²) in [5.74, 6) is 0.772. The molecular formula is C9H9ClN4. The molecule has 0 saturated carbocycles. The normalized spacial score (nSPS) is 10.4. The van der Waals surface area contributed by atoms with Crippen LogP contribution in [0.25, 0.3) is 11.4 Å². The highest BCUT2D eigenvalue weighted by Crippen LogP contribution is 2.24. The lowest BCUT2D eigenvalue weighted by Crippen LogP contribution is -1.95. The molecule has 5 heteroatoms. The van der Waals surface area contributed by atoms with E-state index in [1.807, 2.05) is 13.1 Å². The first-order chi connectivity index (χ1) is 6.68. The molecule has 2 aromatic rings. The van der Waals surface area contributed by atoms with Gasteiger partial charge in [0.1, 0.15) is 6.33 Å². The largest absolute Gasteiger partial charge is 0.398 e. The first-order valence-corrected chi connectivity index (χ1v) is 4.45. The van der Waals surface area contributed by atoms with E-state index in [0.717, 1.165) is 11.4 Å². The number of aromatic nitrogens is 3. The Labute approximate surface area is 86.3 Å². The molecular weight excluding hydrogens is 200 g/mol. The molecule has 0 saturated heterocycles. The molecule has 4 nitrogen and oxygen atoms in total. The minimum atomic E-state index is 0.548. The van der Waals surface area contributed by atoms with E-state index in [0.29, 0.717) is 10.7 Å². The Morgan fingerprint density at radius 1 is 1.43 bits per heavy atom. The lowest BCUT2D eigenvalue weighted by molar-refractivity contribution is 0.774. The summed E-state index contributed by atoms with van der Waals surface area (Å²) in [7, 11) is 1.83. The molecule has 1 heterocycles. The van der Waals surface area contributed by atoms with Gasteiger partial charge >= 0.3 is 0 Å². The SMILES string of the molecule is Cn1ncnc1-c1ccc(Cl)c(N)c1. The molecule has 2 N–H and O–H groups in total. The second-order valence-electron chi connectivity index (χ2n) is 2.94. The number of hydrogen-bond donors (Lipinski definition) is 1.